The molecule has 0 saturated carbocycles. The molecule has 1 aliphatic heterocycles. The summed E-state index contributed by atoms with van der Waals surface area (Å²) in [5.74, 6) is -3.26. The number of hydrogen-bond acceptors (Lipinski definition) is 4. The first-order valence-corrected chi connectivity index (χ1v) is 10.2. The second-order valence-electron chi connectivity index (χ2n) is 7.59. The highest BCUT2D eigenvalue weighted by molar-refractivity contribution is 5.91. The van der Waals surface area contributed by atoms with E-state index in [0.29, 0.717) is 10.5 Å². The second kappa shape index (κ2) is 11.4. The van der Waals surface area contributed by atoms with Crippen molar-refractivity contribution in [1.29, 1.82) is 0 Å². The third kappa shape index (κ3) is 6.89. The van der Waals surface area contributed by atoms with Gasteiger partial charge in [-0.05, 0) is 12.0 Å². The van der Waals surface area contributed by atoms with Gasteiger partial charge >= 0.3 is 0 Å². The highest BCUT2D eigenvalue weighted by Crippen LogP contribution is 2.33. The van der Waals surface area contributed by atoms with Crippen molar-refractivity contribution in [3.63, 3.8) is 0 Å². The maximum Gasteiger partial charge on any atom is 0.267 e. The van der Waals surface area contributed by atoms with Crippen LogP contribution in [-0.2, 0) is 20.8 Å². The van der Waals surface area contributed by atoms with E-state index < -0.39 is 54.8 Å². The standard InChI is InChI=1S/C23H27F2N3O4/c1-3-5-11-19(29)27-17(13-16-9-7-6-8-10-16)20(30)22(32)28-15-23(24,25)14-18(28)21(31)26-12-4-2/h1,4,6-10,17-18,20,30H,2,5,11-15H2,(H,26,31)(H,27,29)/t17-,18-,20-/m0/s1. The Morgan fingerprint density at radius 1 is 1.34 bits per heavy atom. The highest BCUT2D eigenvalue weighted by Gasteiger charge is 2.51. The lowest BCUT2D eigenvalue weighted by atomic mass is 9.99. The van der Waals surface area contributed by atoms with Crippen LogP contribution < -0.4 is 10.6 Å². The highest BCUT2D eigenvalue weighted by atomic mass is 19.3. The summed E-state index contributed by atoms with van der Waals surface area (Å²) in [6, 6.07) is 6.23. The van der Waals surface area contributed by atoms with Crippen LogP contribution in [-0.4, -0.2) is 64.9 Å². The number of likely N-dealkylation sites (tertiary alicyclic amines) is 1. The topological polar surface area (TPSA) is 98.7 Å². The largest absolute Gasteiger partial charge is 0.381 e. The SMILES string of the molecule is C#CCCC(=O)N[C@@H](Cc1ccccc1)[C@H](O)C(=O)N1CC(F)(F)C[C@H]1C(=O)NCC=C. The Balaban J connectivity index is 2.23. The number of terminal acetylenes is 1. The molecule has 0 radical (unpaired) electrons. The molecular weight excluding hydrogens is 420 g/mol. The molecule has 1 aromatic rings. The van der Waals surface area contributed by atoms with Crippen LogP contribution in [0.15, 0.2) is 43.0 Å². The number of aliphatic hydroxyl groups is 1. The Hall–Kier alpha value is -3.25. The first-order chi connectivity index (χ1) is 15.2. The minimum absolute atomic E-state index is 0.0168. The van der Waals surface area contributed by atoms with Crippen LogP contribution in [0.2, 0.25) is 0 Å². The van der Waals surface area contributed by atoms with Gasteiger partial charge in [-0.2, -0.15) is 0 Å². The zero-order valence-corrected chi connectivity index (χ0v) is 17.6. The zero-order chi connectivity index (χ0) is 23.7. The van der Waals surface area contributed by atoms with Gasteiger partial charge in [-0.15, -0.1) is 18.9 Å². The molecule has 1 aromatic carbocycles. The summed E-state index contributed by atoms with van der Waals surface area (Å²) in [5.41, 5.74) is 0.716. The summed E-state index contributed by atoms with van der Waals surface area (Å²) < 4.78 is 28.2. The number of alkyl halides is 2. The van der Waals surface area contributed by atoms with Crippen LogP contribution in [0.4, 0.5) is 8.78 Å². The molecule has 1 heterocycles. The van der Waals surface area contributed by atoms with Crippen molar-refractivity contribution in [1.82, 2.24) is 15.5 Å². The molecule has 9 heteroatoms. The van der Waals surface area contributed by atoms with E-state index in [1.807, 2.05) is 0 Å². The molecule has 3 N–H and O–H groups in total. The number of benzene rings is 1. The summed E-state index contributed by atoms with van der Waals surface area (Å²) in [7, 11) is 0. The van der Waals surface area contributed by atoms with Crippen LogP contribution in [0, 0.1) is 12.3 Å². The summed E-state index contributed by atoms with van der Waals surface area (Å²) in [6.45, 7) is 2.49. The summed E-state index contributed by atoms with van der Waals surface area (Å²) in [6.07, 6.45) is 4.08. The molecule has 1 aliphatic rings. The number of rotatable bonds is 10. The van der Waals surface area contributed by atoms with Gasteiger partial charge < -0.3 is 20.6 Å². The van der Waals surface area contributed by atoms with Gasteiger partial charge in [-0.1, -0.05) is 36.4 Å². The number of nitrogens with zero attached hydrogens (tertiary/aromatic N) is 1. The van der Waals surface area contributed by atoms with Crippen LogP contribution in [0.5, 0.6) is 0 Å². The molecule has 172 valence electrons. The predicted octanol–water partition coefficient (Wildman–Crippen LogP) is 1.03. The van der Waals surface area contributed by atoms with E-state index in [1.165, 1.54) is 6.08 Å². The fourth-order valence-electron chi connectivity index (χ4n) is 3.49. The Bertz CT molecular complexity index is 870. The number of carbonyl (C=O) groups excluding carboxylic acids is 3. The molecule has 7 nitrogen and oxygen atoms in total. The van der Waals surface area contributed by atoms with Gasteiger partial charge in [-0.25, -0.2) is 8.78 Å². The minimum Gasteiger partial charge on any atom is -0.381 e. The van der Waals surface area contributed by atoms with Crippen molar-refractivity contribution in [3.8, 4) is 12.3 Å². The third-order valence-corrected chi connectivity index (χ3v) is 5.05. The van der Waals surface area contributed by atoms with E-state index in [0.717, 1.165) is 0 Å². The minimum atomic E-state index is -3.28. The molecule has 32 heavy (non-hydrogen) atoms. The number of hydrogen-bond donors (Lipinski definition) is 3. The molecule has 0 spiro atoms. The fraction of sp³-hybridized carbons (Fsp3) is 0.435. The lowest BCUT2D eigenvalue weighted by molar-refractivity contribution is -0.147. The molecule has 0 unspecified atom stereocenters. The average Bonchev–Trinajstić information content (AvgIpc) is 3.10. The molecule has 3 amide bonds. The summed E-state index contributed by atoms with van der Waals surface area (Å²) >= 11 is 0. The van der Waals surface area contributed by atoms with Crippen LogP contribution in [0.1, 0.15) is 24.8 Å². The van der Waals surface area contributed by atoms with E-state index in [-0.39, 0.29) is 25.8 Å². The Labute approximate surface area is 185 Å². The van der Waals surface area contributed by atoms with Gasteiger partial charge in [0.1, 0.15) is 6.04 Å². The van der Waals surface area contributed by atoms with Crippen LogP contribution in [0.3, 0.4) is 0 Å². The van der Waals surface area contributed by atoms with Crippen molar-refractivity contribution in [2.24, 2.45) is 0 Å². The van der Waals surface area contributed by atoms with Crippen molar-refractivity contribution < 1.29 is 28.3 Å². The summed E-state index contributed by atoms with van der Waals surface area (Å²) in [5, 5.41) is 15.8. The van der Waals surface area contributed by atoms with Gasteiger partial charge in [0.25, 0.3) is 11.8 Å². The molecule has 3 atom stereocenters. The number of aliphatic hydroxyl groups excluding tert-OH is 1. The van der Waals surface area contributed by atoms with Crippen molar-refractivity contribution >= 4 is 17.7 Å². The lowest BCUT2D eigenvalue weighted by Gasteiger charge is -2.30. The normalized spacial score (nSPS) is 18.8. The maximum absolute atomic E-state index is 14.1. The smallest absolute Gasteiger partial charge is 0.267 e. The van der Waals surface area contributed by atoms with E-state index in [2.05, 4.69) is 23.1 Å². The molecule has 0 aliphatic carbocycles. The Morgan fingerprint density at radius 3 is 2.66 bits per heavy atom. The van der Waals surface area contributed by atoms with Gasteiger partial charge in [-0.3, -0.25) is 14.4 Å². The van der Waals surface area contributed by atoms with Gasteiger partial charge in [0.15, 0.2) is 6.10 Å². The van der Waals surface area contributed by atoms with Gasteiger partial charge in [0.05, 0.1) is 12.6 Å². The second-order valence-corrected chi connectivity index (χ2v) is 7.59. The van der Waals surface area contributed by atoms with E-state index in [4.69, 9.17) is 6.42 Å². The first-order valence-electron chi connectivity index (χ1n) is 10.2. The van der Waals surface area contributed by atoms with Crippen molar-refractivity contribution in [3.05, 3.63) is 48.6 Å². The molecule has 1 saturated heterocycles. The molecule has 2 rings (SSSR count). The Kier molecular flexibility index (Phi) is 8.91. The number of amides is 3. The predicted molar refractivity (Wildman–Crippen MR) is 114 cm³/mol. The van der Waals surface area contributed by atoms with Crippen LogP contribution in [0.25, 0.3) is 0 Å². The molecule has 0 bridgehead atoms. The van der Waals surface area contributed by atoms with Gasteiger partial charge in [0.2, 0.25) is 11.8 Å². The maximum atomic E-state index is 14.1. The van der Waals surface area contributed by atoms with E-state index >= 15 is 0 Å². The van der Waals surface area contributed by atoms with Crippen LogP contribution >= 0.6 is 0 Å². The number of halogens is 2. The monoisotopic (exact) mass is 447 g/mol. The van der Waals surface area contributed by atoms with Crippen molar-refractivity contribution in [2.45, 2.75) is 49.8 Å². The fourth-order valence-corrected chi connectivity index (χ4v) is 3.49. The quantitative estimate of drug-likeness (QED) is 0.369. The van der Waals surface area contributed by atoms with E-state index in [1.54, 1.807) is 30.3 Å². The Morgan fingerprint density at radius 2 is 2.03 bits per heavy atom. The zero-order valence-electron chi connectivity index (χ0n) is 17.6. The molecule has 0 aromatic heterocycles. The van der Waals surface area contributed by atoms with Crippen molar-refractivity contribution in [2.75, 3.05) is 13.1 Å². The molecule has 1 fully saturated rings. The molecular formula is C23H27F2N3O4. The van der Waals surface area contributed by atoms with Gasteiger partial charge in [0, 0.05) is 25.8 Å². The lowest BCUT2D eigenvalue weighted by Crippen LogP contribution is -2.55. The third-order valence-electron chi connectivity index (χ3n) is 5.05. The number of nitrogens with one attached hydrogen (secondary N) is 2. The average molecular weight is 447 g/mol. The first kappa shape index (κ1) is 25.0. The number of carbonyl (C=O) groups is 3. The van der Waals surface area contributed by atoms with E-state index in [9.17, 15) is 28.3 Å². The summed E-state index contributed by atoms with van der Waals surface area (Å²) in [4.78, 5) is 38.2.